The lowest BCUT2D eigenvalue weighted by Crippen LogP contribution is -2.54. The Hall–Kier alpha value is -1.88. The normalized spacial score (nSPS) is 21.6. The Morgan fingerprint density at radius 3 is 2.46 bits per heavy atom. The van der Waals surface area contributed by atoms with Gasteiger partial charge in [-0.2, -0.15) is 0 Å². The second-order valence-corrected chi connectivity index (χ2v) is 7.76. The highest BCUT2D eigenvalue weighted by atomic mass is 16.2. The van der Waals surface area contributed by atoms with E-state index >= 15 is 0 Å². The van der Waals surface area contributed by atoms with Crippen LogP contribution in [0.3, 0.4) is 0 Å². The third-order valence-corrected chi connectivity index (χ3v) is 5.74. The molecule has 2 rings (SSSR count). The highest BCUT2D eigenvalue weighted by Crippen LogP contribution is 2.24. The van der Waals surface area contributed by atoms with E-state index in [0.717, 1.165) is 29.7 Å². The second kappa shape index (κ2) is 8.67. The Balaban J connectivity index is 1.97. The van der Waals surface area contributed by atoms with Crippen LogP contribution in [0.25, 0.3) is 0 Å². The van der Waals surface area contributed by atoms with Gasteiger partial charge in [0.1, 0.15) is 0 Å². The number of piperidine rings is 1. The molecule has 26 heavy (non-hydrogen) atoms. The average molecular weight is 360 g/mol. The van der Waals surface area contributed by atoms with E-state index in [-0.39, 0.29) is 36.5 Å². The lowest BCUT2D eigenvalue weighted by atomic mass is 9.96. The van der Waals surface area contributed by atoms with E-state index in [2.05, 4.69) is 19.2 Å². The maximum atomic E-state index is 13.0. The molecule has 144 valence electrons. The highest BCUT2D eigenvalue weighted by molar-refractivity contribution is 5.93. The van der Waals surface area contributed by atoms with E-state index in [1.165, 1.54) is 6.42 Å². The maximum Gasteiger partial charge on any atom is 0.240 e. The van der Waals surface area contributed by atoms with Gasteiger partial charge in [0, 0.05) is 17.8 Å². The summed E-state index contributed by atoms with van der Waals surface area (Å²) in [4.78, 5) is 29.2. The molecule has 1 heterocycles. The molecule has 0 aromatic heterocycles. The van der Waals surface area contributed by atoms with Crippen LogP contribution in [0.1, 0.15) is 51.2 Å². The fourth-order valence-electron chi connectivity index (χ4n) is 3.70. The predicted octanol–water partition coefficient (Wildman–Crippen LogP) is 3.35. The summed E-state index contributed by atoms with van der Waals surface area (Å²) in [7, 11) is 1.84. The van der Waals surface area contributed by atoms with Crippen LogP contribution in [-0.2, 0) is 9.59 Å². The molecule has 0 unspecified atom stereocenters. The van der Waals surface area contributed by atoms with Gasteiger partial charge in [0.15, 0.2) is 0 Å². The molecule has 1 saturated heterocycles. The van der Waals surface area contributed by atoms with Crippen LogP contribution in [0, 0.1) is 13.8 Å². The quantitative estimate of drug-likeness (QED) is 0.877. The van der Waals surface area contributed by atoms with Gasteiger partial charge in [-0.05, 0) is 78.1 Å². The van der Waals surface area contributed by atoms with Gasteiger partial charge in [-0.15, -0.1) is 0 Å². The van der Waals surface area contributed by atoms with Crippen molar-refractivity contribution in [1.82, 2.24) is 9.80 Å². The first-order chi connectivity index (χ1) is 12.2. The number of hydrogen-bond donors (Lipinski definition) is 1. The van der Waals surface area contributed by atoms with Crippen molar-refractivity contribution in [2.75, 3.05) is 18.9 Å². The van der Waals surface area contributed by atoms with E-state index in [4.69, 9.17) is 0 Å². The first-order valence-corrected chi connectivity index (χ1v) is 9.60. The molecule has 0 spiro atoms. The molecule has 1 aliphatic heterocycles. The number of rotatable bonds is 5. The van der Waals surface area contributed by atoms with Crippen molar-refractivity contribution in [2.24, 2.45) is 0 Å². The Labute approximate surface area is 157 Å². The number of hydrogen-bond acceptors (Lipinski definition) is 3. The van der Waals surface area contributed by atoms with Crippen LogP contribution in [0.2, 0.25) is 0 Å². The second-order valence-electron chi connectivity index (χ2n) is 7.76. The summed E-state index contributed by atoms with van der Waals surface area (Å²) in [5.41, 5.74) is 3.05. The first kappa shape index (κ1) is 20.4. The molecule has 0 aliphatic carbocycles. The number of likely N-dealkylation sites (tertiary alicyclic amines) is 1. The SMILES string of the molecule is Cc1cccc(NC(=O)CN(C)[C@@H](C)C(=O)N2[C@H](C)CCC[C@@H]2C)c1C. The summed E-state index contributed by atoms with van der Waals surface area (Å²) in [6.07, 6.45) is 3.29. The van der Waals surface area contributed by atoms with E-state index in [0.29, 0.717) is 0 Å². The van der Waals surface area contributed by atoms with Crippen LogP contribution < -0.4 is 5.32 Å². The number of nitrogens with one attached hydrogen (secondary N) is 1. The topological polar surface area (TPSA) is 52.7 Å². The molecule has 1 N–H and O–H groups in total. The van der Waals surface area contributed by atoms with Crippen molar-refractivity contribution in [1.29, 1.82) is 0 Å². The molecular formula is C21H33N3O2. The molecule has 1 aromatic rings. The Kier molecular flexibility index (Phi) is 6.81. The molecule has 0 saturated carbocycles. The van der Waals surface area contributed by atoms with Gasteiger partial charge in [-0.3, -0.25) is 14.5 Å². The standard InChI is InChI=1S/C21H33N3O2/c1-14-9-7-12-19(17(14)4)22-20(25)13-23(6)18(5)21(26)24-15(2)10-8-11-16(24)3/h7,9,12,15-16,18H,8,10-11,13H2,1-6H3,(H,22,25)/t15-,16+,18-/m0/s1. The lowest BCUT2D eigenvalue weighted by molar-refractivity contribution is -0.142. The summed E-state index contributed by atoms with van der Waals surface area (Å²) in [6.45, 7) is 10.3. The van der Waals surface area contributed by atoms with Gasteiger partial charge in [0.25, 0.3) is 0 Å². The molecule has 1 aliphatic rings. The minimum Gasteiger partial charge on any atom is -0.336 e. The largest absolute Gasteiger partial charge is 0.336 e. The van der Waals surface area contributed by atoms with Gasteiger partial charge < -0.3 is 10.2 Å². The van der Waals surface area contributed by atoms with Gasteiger partial charge in [-0.25, -0.2) is 0 Å². The third kappa shape index (κ3) is 4.64. The Morgan fingerprint density at radius 1 is 1.23 bits per heavy atom. The first-order valence-electron chi connectivity index (χ1n) is 9.60. The van der Waals surface area contributed by atoms with Crippen LogP contribution >= 0.6 is 0 Å². The van der Waals surface area contributed by atoms with Crippen molar-refractivity contribution in [3.8, 4) is 0 Å². The minimum atomic E-state index is -0.317. The van der Waals surface area contributed by atoms with Gasteiger partial charge in [0.2, 0.25) is 11.8 Å². The number of aryl methyl sites for hydroxylation is 1. The van der Waals surface area contributed by atoms with E-state index in [1.807, 2.05) is 55.8 Å². The van der Waals surface area contributed by atoms with Crippen LogP contribution in [0.15, 0.2) is 18.2 Å². The molecule has 1 aromatic carbocycles. The monoisotopic (exact) mass is 359 g/mol. The van der Waals surface area contributed by atoms with Crippen LogP contribution in [0.4, 0.5) is 5.69 Å². The molecule has 5 heteroatoms. The van der Waals surface area contributed by atoms with Crippen molar-refractivity contribution in [2.45, 2.75) is 72.0 Å². The molecule has 5 nitrogen and oxygen atoms in total. The lowest BCUT2D eigenvalue weighted by Gasteiger charge is -2.41. The molecule has 0 bridgehead atoms. The zero-order valence-electron chi connectivity index (χ0n) is 17.0. The van der Waals surface area contributed by atoms with E-state index in [9.17, 15) is 9.59 Å². The van der Waals surface area contributed by atoms with Gasteiger partial charge in [0.05, 0.1) is 12.6 Å². The number of carbonyl (C=O) groups is 2. The van der Waals surface area contributed by atoms with Crippen LogP contribution in [-0.4, -0.2) is 53.3 Å². The Morgan fingerprint density at radius 2 is 1.85 bits per heavy atom. The summed E-state index contributed by atoms with van der Waals surface area (Å²) in [5, 5.41) is 2.97. The number of carbonyl (C=O) groups excluding carboxylic acids is 2. The fraction of sp³-hybridized carbons (Fsp3) is 0.619. The summed E-state index contributed by atoms with van der Waals surface area (Å²) in [6, 6.07) is 6.09. The number of nitrogens with zero attached hydrogens (tertiary/aromatic N) is 2. The van der Waals surface area contributed by atoms with Crippen LogP contribution in [0.5, 0.6) is 0 Å². The minimum absolute atomic E-state index is 0.0967. The maximum absolute atomic E-state index is 13.0. The smallest absolute Gasteiger partial charge is 0.240 e. The summed E-state index contributed by atoms with van der Waals surface area (Å²) < 4.78 is 0. The zero-order chi connectivity index (χ0) is 19.4. The number of amides is 2. The van der Waals surface area contributed by atoms with Crippen molar-refractivity contribution >= 4 is 17.5 Å². The zero-order valence-corrected chi connectivity index (χ0v) is 17.0. The van der Waals surface area contributed by atoms with Gasteiger partial charge in [-0.1, -0.05) is 12.1 Å². The number of anilines is 1. The fourth-order valence-corrected chi connectivity index (χ4v) is 3.70. The number of likely N-dealkylation sites (N-methyl/N-ethyl adjacent to an activating group) is 1. The molecule has 0 radical (unpaired) electrons. The predicted molar refractivity (Wildman–Crippen MR) is 106 cm³/mol. The molecular weight excluding hydrogens is 326 g/mol. The summed E-state index contributed by atoms with van der Waals surface area (Å²) in [5.74, 6) is 0.0207. The van der Waals surface area contributed by atoms with E-state index in [1.54, 1.807) is 0 Å². The molecule has 2 amide bonds. The Bertz CT molecular complexity index is 649. The van der Waals surface area contributed by atoms with Gasteiger partial charge >= 0.3 is 0 Å². The van der Waals surface area contributed by atoms with Crippen molar-refractivity contribution in [3.05, 3.63) is 29.3 Å². The highest BCUT2D eigenvalue weighted by Gasteiger charge is 2.33. The molecule has 1 fully saturated rings. The molecule has 3 atom stereocenters. The average Bonchev–Trinajstić information content (AvgIpc) is 2.57. The van der Waals surface area contributed by atoms with Crippen molar-refractivity contribution < 1.29 is 9.59 Å². The number of benzene rings is 1. The third-order valence-electron chi connectivity index (χ3n) is 5.74. The summed E-state index contributed by atoms with van der Waals surface area (Å²) >= 11 is 0. The van der Waals surface area contributed by atoms with E-state index < -0.39 is 0 Å². The van der Waals surface area contributed by atoms with Crippen molar-refractivity contribution in [3.63, 3.8) is 0 Å².